The molecule has 2 rings (SSSR count). The first-order chi connectivity index (χ1) is 8.89. The van der Waals surface area contributed by atoms with Gasteiger partial charge in [0.25, 0.3) is 0 Å². The second-order valence-corrected chi connectivity index (χ2v) is 5.47. The molecule has 1 aliphatic carbocycles. The van der Waals surface area contributed by atoms with Gasteiger partial charge in [0.1, 0.15) is 11.6 Å². The Balaban J connectivity index is 2.11. The van der Waals surface area contributed by atoms with Crippen LogP contribution in [0.5, 0.6) is 0 Å². The fourth-order valence-electron chi connectivity index (χ4n) is 2.68. The molecule has 1 saturated carbocycles. The average Bonchev–Trinajstić information content (AvgIpc) is 2.26. The molecule has 0 saturated heterocycles. The normalized spacial score (nSPS) is 27.1. The maximum absolute atomic E-state index is 13.1. The number of amides is 1. The number of anilines is 1. The van der Waals surface area contributed by atoms with E-state index < -0.39 is 17.2 Å². The van der Waals surface area contributed by atoms with Gasteiger partial charge in [-0.15, -0.1) is 0 Å². The second kappa shape index (κ2) is 5.25. The number of nitrogens with one attached hydrogen (secondary N) is 1. The van der Waals surface area contributed by atoms with E-state index in [0.717, 1.165) is 31.0 Å². The van der Waals surface area contributed by atoms with Crippen LogP contribution in [0.3, 0.4) is 0 Å². The van der Waals surface area contributed by atoms with Gasteiger partial charge < -0.3 is 11.1 Å². The molecule has 0 heterocycles. The standard InChI is InChI=1S/C14H18F2N2O/c1-9-3-2-4-14(17,8-9)13(19)18-12-6-10(15)5-11(16)7-12/h5-7,9H,2-4,8,17H2,1H3,(H,18,19). The van der Waals surface area contributed by atoms with E-state index >= 15 is 0 Å². The van der Waals surface area contributed by atoms with Crippen molar-refractivity contribution in [2.24, 2.45) is 11.7 Å². The fourth-order valence-corrected chi connectivity index (χ4v) is 2.68. The van der Waals surface area contributed by atoms with Gasteiger partial charge in [-0.3, -0.25) is 4.79 Å². The summed E-state index contributed by atoms with van der Waals surface area (Å²) in [5.41, 5.74) is 5.28. The lowest BCUT2D eigenvalue weighted by molar-refractivity contribution is -0.122. The zero-order valence-electron chi connectivity index (χ0n) is 10.9. The summed E-state index contributed by atoms with van der Waals surface area (Å²) in [4.78, 5) is 12.2. The molecule has 19 heavy (non-hydrogen) atoms. The molecule has 0 spiro atoms. The molecule has 3 nitrogen and oxygen atoms in total. The minimum Gasteiger partial charge on any atom is -0.324 e. The van der Waals surface area contributed by atoms with Crippen molar-refractivity contribution in [3.8, 4) is 0 Å². The van der Waals surface area contributed by atoms with E-state index in [1.54, 1.807) is 0 Å². The molecule has 0 radical (unpaired) electrons. The van der Waals surface area contributed by atoms with E-state index in [9.17, 15) is 13.6 Å². The van der Waals surface area contributed by atoms with Gasteiger partial charge in [0, 0.05) is 11.8 Å². The van der Waals surface area contributed by atoms with E-state index in [2.05, 4.69) is 12.2 Å². The van der Waals surface area contributed by atoms with Crippen molar-refractivity contribution < 1.29 is 13.6 Å². The third-order valence-corrected chi connectivity index (χ3v) is 3.61. The SMILES string of the molecule is CC1CCCC(N)(C(=O)Nc2cc(F)cc(F)c2)C1. The van der Waals surface area contributed by atoms with Crippen molar-refractivity contribution in [3.05, 3.63) is 29.8 Å². The second-order valence-electron chi connectivity index (χ2n) is 5.47. The maximum Gasteiger partial charge on any atom is 0.244 e. The number of nitrogens with two attached hydrogens (primary N) is 1. The third kappa shape index (κ3) is 3.29. The van der Waals surface area contributed by atoms with Gasteiger partial charge in [0.2, 0.25) is 5.91 Å². The monoisotopic (exact) mass is 268 g/mol. The Morgan fingerprint density at radius 2 is 2.00 bits per heavy atom. The molecular formula is C14H18F2N2O. The number of halogens is 2. The molecule has 0 aromatic heterocycles. The summed E-state index contributed by atoms with van der Waals surface area (Å²) in [5, 5.41) is 2.51. The number of carbonyl (C=O) groups is 1. The van der Waals surface area contributed by atoms with E-state index in [1.807, 2.05) is 0 Å². The first-order valence-corrected chi connectivity index (χ1v) is 6.45. The Morgan fingerprint density at radius 3 is 2.58 bits per heavy atom. The van der Waals surface area contributed by atoms with Crippen LogP contribution in [0.15, 0.2) is 18.2 Å². The minimum atomic E-state index is -0.944. The Morgan fingerprint density at radius 1 is 1.37 bits per heavy atom. The summed E-state index contributed by atoms with van der Waals surface area (Å²) in [7, 11) is 0. The number of hydrogen-bond donors (Lipinski definition) is 2. The molecule has 0 aliphatic heterocycles. The Labute approximate surface area is 111 Å². The zero-order valence-corrected chi connectivity index (χ0v) is 10.9. The molecule has 3 N–H and O–H groups in total. The summed E-state index contributed by atoms with van der Waals surface area (Å²) in [6, 6.07) is 2.92. The highest BCUT2D eigenvalue weighted by molar-refractivity contribution is 5.98. The minimum absolute atomic E-state index is 0.102. The first-order valence-electron chi connectivity index (χ1n) is 6.45. The number of rotatable bonds is 2. The van der Waals surface area contributed by atoms with Gasteiger partial charge in [0.05, 0.1) is 5.54 Å². The molecule has 1 aromatic carbocycles. The molecule has 104 valence electrons. The van der Waals surface area contributed by atoms with Crippen LogP contribution in [0.1, 0.15) is 32.6 Å². The van der Waals surface area contributed by atoms with Crippen LogP contribution in [0.25, 0.3) is 0 Å². The quantitative estimate of drug-likeness (QED) is 0.866. The first kappa shape index (κ1) is 13.9. The van der Waals surface area contributed by atoms with Crippen molar-refractivity contribution in [1.82, 2.24) is 0 Å². The number of carbonyl (C=O) groups excluding carboxylic acids is 1. The lowest BCUT2D eigenvalue weighted by Crippen LogP contribution is -2.53. The van der Waals surface area contributed by atoms with Gasteiger partial charge >= 0.3 is 0 Å². The van der Waals surface area contributed by atoms with Crippen molar-refractivity contribution in [2.75, 3.05) is 5.32 Å². The molecule has 1 aromatic rings. The highest BCUT2D eigenvalue weighted by Crippen LogP contribution is 2.31. The topological polar surface area (TPSA) is 55.1 Å². The summed E-state index contributed by atoms with van der Waals surface area (Å²) < 4.78 is 26.1. The Kier molecular flexibility index (Phi) is 3.85. The predicted molar refractivity (Wildman–Crippen MR) is 69.5 cm³/mol. The number of hydrogen-bond acceptors (Lipinski definition) is 2. The van der Waals surface area contributed by atoms with E-state index in [0.29, 0.717) is 18.8 Å². The van der Waals surface area contributed by atoms with Crippen LogP contribution in [0.4, 0.5) is 14.5 Å². The molecule has 1 amide bonds. The molecule has 0 bridgehead atoms. The van der Waals surface area contributed by atoms with Gasteiger partial charge in [0.15, 0.2) is 0 Å². The van der Waals surface area contributed by atoms with Crippen LogP contribution in [-0.2, 0) is 4.79 Å². The van der Waals surface area contributed by atoms with Crippen molar-refractivity contribution >= 4 is 11.6 Å². The van der Waals surface area contributed by atoms with Crippen LogP contribution < -0.4 is 11.1 Å². The van der Waals surface area contributed by atoms with Crippen molar-refractivity contribution in [2.45, 2.75) is 38.1 Å². The maximum atomic E-state index is 13.1. The van der Waals surface area contributed by atoms with Crippen LogP contribution in [0.2, 0.25) is 0 Å². The molecule has 2 unspecified atom stereocenters. The summed E-state index contributed by atoms with van der Waals surface area (Å²) in [5.74, 6) is -1.44. The van der Waals surface area contributed by atoms with Gasteiger partial charge in [-0.05, 0) is 30.9 Å². The summed E-state index contributed by atoms with van der Waals surface area (Å²) in [6.45, 7) is 2.05. The summed E-state index contributed by atoms with van der Waals surface area (Å²) in [6.07, 6.45) is 3.14. The van der Waals surface area contributed by atoms with Crippen LogP contribution >= 0.6 is 0 Å². The summed E-state index contributed by atoms with van der Waals surface area (Å²) >= 11 is 0. The number of benzene rings is 1. The Bertz CT molecular complexity index is 472. The van der Waals surface area contributed by atoms with Crippen molar-refractivity contribution in [3.63, 3.8) is 0 Å². The molecule has 1 fully saturated rings. The van der Waals surface area contributed by atoms with Gasteiger partial charge in [-0.1, -0.05) is 19.8 Å². The zero-order chi connectivity index (χ0) is 14.0. The predicted octanol–water partition coefficient (Wildman–Crippen LogP) is 2.81. The lowest BCUT2D eigenvalue weighted by atomic mass is 9.76. The Hall–Kier alpha value is -1.49. The van der Waals surface area contributed by atoms with Gasteiger partial charge in [-0.25, -0.2) is 8.78 Å². The van der Waals surface area contributed by atoms with Gasteiger partial charge in [-0.2, -0.15) is 0 Å². The van der Waals surface area contributed by atoms with E-state index in [-0.39, 0.29) is 11.6 Å². The molecule has 1 aliphatic rings. The van der Waals surface area contributed by atoms with E-state index in [1.165, 1.54) is 0 Å². The highest BCUT2D eigenvalue weighted by Gasteiger charge is 2.37. The van der Waals surface area contributed by atoms with Crippen LogP contribution in [0, 0.1) is 17.6 Å². The van der Waals surface area contributed by atoms with E-state index in [4.69, 9.17) is 5.73 Å². The lowest BCUT2D eigenvalue weighted by Gasteiger charge is -2.35. The fraction of sp³-hybridized carbons (Fsp3) is 0.500. The highest BCUT2D eigenvalue weighted by atomic mass is 19.1. The molecule has 5 heteroatoms. The third-order valence-electron chi connectivity index (χ3n) is 3.61. The molecular weight excluding hydrogens is 250 g/mol. The smallest absolute Gasteiger partial charge is 0.244 e. The van der Waals surface area contributed by atoms with Crippen molar-refractivity contribution in [1.29, 1.82) is 0 Å². The average molecular weight is 268 g/mol. The largest absolute Gasteiger partial charge is 0.324 e. The van der Waals surface area contributed by atoms with Crippen LogP contribution in [-0.4, -0.2) is 11.4 Å². The molecule has 2 atom stereocenters.